The Morgan fingerprint density at radius 3 is 2.00 bits per heavy atom. The van der Waals surface area contributed by atoms with Crippen molar-refractivity contribution in [3.8, 4) is 0 Å². The van der Waals surface area contributed by atoms with E-state index in [0.717, 1.165) is 17.0 Å². The standard InChI is InChI=1S/C21H21N3O2/c1-14-6-4-5-7-19(14)21(26)22-18-12-10-17(11-13-18)20(25)23-24-15(2)8-9-16(24)3/h4-13H,1-3H3,(H,22,26)(H,23,25). The average molecular weight is 347 g/mol. The summed E-state index contributed by atoms with van der Waals surface area (Å²) in [5, 5.41) is 2.85. The molecule has 5 nitrogen and oxygen atoms in total. The highest BCUT2D eigenvalue weighted by Crippen LogP contribution is 2.14. The second-order valence-electron chi connectivity index (χ2n) is 6.24. The molecule has 0 atom stereocenters. The summed E-state index contributed by atoms with van der Waals surface area (Å²) >= 11 is 0. The molecule has 0 fully saturated rings. The second-order valence-corrected chi connectivity index (χ2v) is 6.24. The predicted octanol–water partition coefficient (Wildman–Crippen LogP) is 4.05. The van der Waals surface area contributed by atoms with Crippen LogP contribution in [0.25, 0.3) is 0 Å². The van der Waals surface area contributed by atoms with Gasteiger partial charge in [0.15, 0.2) is 0 Å². The van der Waals surface area contributed by atoms with Gasteiger partial charge in [-0.05, 0) is 68.8 Å². The molecular weight excluding hydrogens is 326 g/mol. The Bertz CT molecular complexity index is 936. The molecule has 3 aromatic rings. The van der Waals surface area contributed by atoms with E-state index < -0.39 is 0 Å². The number of hydrogen-bond acceptors (Lipinski definition) is 2. The molecule has 0 bridgehead atoms. The first kappa shape index (κ1) is 17.5. The number of aromatic nitrogens is 1. The van der Waals surface area contributed by atoms with Crippen molar-refractivity contribution in [2.75, 3.05) is 10.7 Å². The normalized spacial score (nSPS) is 10.4. The number of aryl methyl sites for hydroxylation is 3. The van der Waals surface area contributed by atoms with Crippen LogP contribution in [0.2, 0.25) is 0 Å². The van der Waals surface area contributed by atoms with Crippen LogP contribution >= 0.6 is 0 Å². The molecule has 0 aliphatic heterocycles. The molecule has 0 unspecified atom stereocenters. The maximum absolute atomic E-state index is 12.4. The minimum absolute atomic E-state index is 0.168. The fraction of sp³-hybridized carbons (Fsp3) is 0.143. The topological polar surface area (TPSA) is 63.1 Å². The first-order valence-corrected chi connectivity index (χ1v) is 8.39. The number of rotatable bonds is 4. The van der Waals surface area contributed by atoms with Gasteiger partial charge in [-0.1, -0.05) is 18.2 Å². The van der Waals surface area contributed by atoms with Crippen LogP contribution in [0.3, 0.4) is 0 Å². The Hall–Kier alpha value is -3.34. The molecule has 2 N–H and O–H groups in total. The Labute approximate surface area is 152 Å². The van der Waals surface area contributed by atoms with E-state index in [4.69, 9.17) is 0 Å². The number of carbonyl (C=O) groups is 2. The lowest BCUT2D eigenvalue weighted by atomic mass is 10.1. The monoisotopic (exact) mass is 347 g/mol. The lowest BCUT2D eigenvalue weighted by molar-refractivity contribution is 0.100. The second kappa shape index (κ2) is 7.27. The van der Waals surface area contributed by atoms with E-state index in [0.29, 0.717) is 16.8 Å². The summed E-state index contributed by atoms with van der Waals surface area (Å²) in [6.45, 7) is 5.75. The number of nitrogens with zero attached hydrogens (tertiary/aromatic N) is 1. The molecule has 3 rings (SSSR count). The minimum atomic E-state index is -0.204. The van der Waals surface area contributed by atoms with E-state index in [1.54, 1.807) is 35.0 Å². The zero-order chi connectivity index (χ0) is 18.7. The van der Waals surface area contributed by atoms with E-state index in [1.165, 1.54) is 0 Å². The number of nitrogens with one attached hydrogen (secondary N) is 2. The van der Waals surface area contributed by atoms with Gasteiger partial charge >= 0.3 is 0 Å². The molecule has 26 heavy (non-hydrogen) atoms. The number of anilines is 1. The SMILES string of the molecule is Cc1ccccc1C(=O)Nc1ccc(C(=O)Nn2c(C)ccc2C)cc1. The highest BCUT2D eigenvalue weighted by atomic mass is 16.2. The number of amides is 2. The molecule has 0 saturated heterocycles. The zero-order valence-electron chi connectivity index (χ0n) is 15.0. The van der Waals surface area contributed by atoms with Crippen LogP contribution in [0, 0.1) is 20.8 Å². The van der Waals surface area contributed by atoms with Crippen LogP contribution in [0.4, 0.5) is 5.69 Å². The van der Waals surface area contributed by atoms with E-state index in [9.17, 15) is 9.59 Å². The summed E-state index contributed by atoms with van der Waals surface area (Å²) in [5.41, 5.74) is 7.48. The molecule has 1 heterocycles. The maximum Gasteiger partial charge on any atom is 0.270 e. The van der Waals surface area contributed by atoms with Crippen molar-refractivity contribution in [1.82, 2.24) is 4.68 Å². The quantitative estimate of drug-likeness (QED) is 0.748. The molecule has 132 valence electrons. The minimum Gasteiger partial charge on any atom is -0.322 e. The lowest BCUT2D eigenvalue weighted by Crippen LogP contribution is -2.24. The zero-order valence-corrected chi connectivity index (χ0v) is 15.0. The van der Waals surface area contributed by atoms with Gasteiger partial charge < -0.3 is 5.32 Å². The molecule has 1 aromatic heterocycles. The molecular formula is C21H21N3O2. The largest absolute Gasteiger partial charge is 0.322 e. The van der Waals surface area contributed by atoms with Gasteiger partial charge in [0.05, 0.1) is 0 Å². The number of hydrogen-bond donors (Lipinski definition) is 2. The smallest absolute Gasteiger partial charge is 0.270 e. The van der Waals surface area contributed by atoms with Crippen molar-refractivity contribution in [2.45, 2.75) is 20.8 Å². The molecule has 0 spiro atoms. The summed E-state index contributed by atoms with van der Waals surface area (Å²) in [7, 11) is 0. The molecule has 2 aromatic carbocycles. The molecule has 5 heteroatoms. The first-order valence-electron chi connectivity index (χ1n) is 8.39. The Morgan fingerprint density at radius 2 is 1.38 bits per heavy atom. The third kappa shape index (κ3) is 3.67. The maximum atomic E-state index is 12.4. The van der Waals surface area contributed by atoms with Gasteiger partial charge in [0.2, 0.25) is 0 Å². The van der Waals surface area contributed by atoms with E-state index in [-0.39, 0.29) is 11.8 Å². The molecule has 0 aliphatic rings. The third-order valence-electron chi connectivity index (χ3n) is 4.28. The van der Waals surface area contributed by atoms with Crippen molar-refractivity contribution in [1.29, 1.82) is 0 Å². The van der Waals surface area contributed by atoms with E-state index in [1.807, 2.05) is 51.1 Å². The number of benzene rings is 2. The van der Waals surface area contributed by atoms with Crippen molar-refractivity contribution in [3.05, 3.63) is 88.7 Å². The highest BCUT2D eigenvalue weighted by molar-refractivity contribution is 6.05. The van der Waals surface area contributed by atoms with Crippen molar-refractivity contribution in [3.63, 3.8) is 0 Å². The van der Waals surface area contributed by atoms with Crippen molar-refractivity contribution >= 4 is 17.5 Å². The van der Waals surface area contributed by atoms with Gasteiger partial charge in [0.1, 0.15) is 0 Å². The Morgan fingerprint density at radius 1 is 0.769 bits per heavy atom. The van der Waals surface area contributed by atoms with Crippen LogP contribution in [-0.2, 0) is 0 Å². The van der Waals surface area contributed by atoms with Gasteiger partial charge in [0, 0.05) is 28.2 Å². The molecule has 0 saturated carbocycles. The van der Waals surface area contributed by atoms with Crippen LogP contribution in [0.5, 0.6) is 0 Å². The molecule has 2 amide bonds. The third-order valence-corrected chi connectivity index (χ3v) is 4.28. The van der Waals surface area contributed by atoms with E-state index in [2.05, 4.69) is 10.7 Å². The van der Waals surface area contributed by atoms with Crippen LogP contribution < -0.4 is 10.7 Å². The molecule has 0 radical (unpaired) electrons. The van der Waals surface area contributed by atoms with Crippen molar-refractivity contribution in [2.24, 2.45) is 0 Å². The Kier molecular flexibility index (Phi) is 4.89. The van der Waals surface area contributed by atoms with Gasteiger partial charge in [0.25, 0.3) is 11.8 Å². The highest BCUT2D eigenvalue weighted by Gasteiger charge is 2.11. The fourth-order valence-corrected chi connectivity index (χ4v) is 2.74. The van der Waals surface area contributed by atoms with E-state index >= 15 is 0 Å². The average Bonchev–Trinajstić information content (AvgIpc) is 2.94. The van der Waals surface area contributed by atoms with Crippen LogP contribution in [-0.4, -0.2) is 16.5 Å². The molecule has 0 aliphatic carbocycles. The summed E-state index contributed by atoms with van der Waals surface area (Å²) in [6.07, 6.45) is 0. The van der Waals surface area contributed by atoms with Gasteiger partial charge in [-0.2, -0.15) is 0 Å². The fourth-order valence-electron chi connectivity index (χ4n) is 2.74. The van der Waals surface area contributed by atoms with Gasteiger partial charge in [-0.3, -0.25) is 19.7 Å². The summed E-state index contributed by atoms with van der Waals surface area (Å²) < 4.78 is 1.75. The predicted molar refractivity (Wildman–Crippen MR) is 103 cm³/mol. The number of carbonyl (C=O) groups excluding carboxylic acids is 2. The van der Waals surface area contributed by atoms with Crippen LogP contribution in [0.15, 0.2) is 60.7 Å². The summed E-state index contributed by atoms with van der Waals surface area (Å²) in [5.74, 6) is -0.372. The Balaban J connectivity index is 1.69. The van der Waals surface area contributed by atoms with Crippen molar-refractivity contribution < 1.29 is 9.59 Å². The lowest BCUT2D eigenvalue weighted by Gasteiger charge is -2.12. The van der Waals surface area contributed by atoms with Crippen LogP contribution in [0.1, 0.15) is 37.7 Å². The summed E-state index contributed by atoms with van der Waals surface area (Å²) in [6, 6.07) is 18.1. The first-order chi connectivity index (χ1) is 12.5. The van der Waals surface area contributed by atoms with Gasteiger partial charge in [-0.25, -0.2) is 0 Å². The van der Waals surface area contributed by atoms with Gasteiger partial charge in [-0.15, -0.1) is 0 Å². The summed E-state index contributed by atoms with van der Waals surface area (Å²) in [4.78, 5) is 24.7.